The highest BCUT2D eigenvalue weighted by atomic mass is 16.2. The highest BCUT2D eigenvalue weighted by Crippen LogP contribution is 2.26. The van der Waals surface area contributed by atoms with E-state index in [2.05, 4.69) is 24.1 Å². The summed E-state index contributed by atoms with van der Waals surface area (Å²) in [7, 11) is 0. The standard InChI is InChI=1S/C23H27N3O3/c1-3-25(4-2)15-14-24-21(27)20(16-17-10-6-5-7-11-17)26-22(28)18-12-8-9-13-19(18)23(26)29/h5-13,20H,3-4,14-16H2,1-2H3,(H,24,27). The van der Waals surface area contributed by atoms with Crippen LogP contribution in [0.15, 0.2) is 54.6 Å². The summed E-state index contributed by atoms with van der Waals surface area (Å²) >= 11 is 0. The highest BCUT2D eigenvalue weighted by molar-refractivity contribution is 6.22. The highest BCUT2D eigenvalue weighted by Gasteiger charge is 2.42. The lowest BCUT2D eigenvalue weighted by atomic mass is 10.0. The number of nitrogens with one attached hydrogen (secondary N) is 1. The lowest BCUT2D eigenvalue weighted by Gasteiger charge is -2.26. The quantitative estimate of drug-likeness (QED) is 0.664. The van der Waals surface area contributed by atoms with Gasteiger partial charge in [-0.25, -0.2) is 0 Å². The fourth-order valence-corrected chi connectivity index (χ4v) is 3.62. The Balaban J connectivity index is 1.81. The van der Waals surface area contributed by atoms with E-state index in [1.165, 1.54) is 0 Å². The van der Waals surface area contributed by atoms with Crippen molar-refractivity contribution < 1.29 is 14.4 Å². The molecule has 1 aliphatic rings. The molecule has 1 unspecified atom stereocenters. The van der Waals surface area contributed by atoms with Crippen LogP contribution in [-0.4, -0.2) is 59.7 Å². The second-order valence-electron chi connectivity index (χ2n) is 7.05. The Labute approximate surface area is 171 Å². The number of nitrogens with zero attached hydrogens (tertiary/aromatic N) is 2. The maximum absolute atomic E-state index is 13.1. The molecule has 0 saturated heterocycles. The fraction of sp³-hybridized carbons (Fsp3) is 0.348. The molecule has 0 aliphatic carbocycles. The van der Waals surface area contributed by atoms with E-state index in [-0.39, 0.29) is 12.3 Å². The van der Waals surface area contributed by atoms with E-state index in [1.54, 1.807) is 24.3 Å². The van der Waals surface area contributed by atoms with Crippen LogP contribution >= 0.6 is 0 Å². The SMILES string of the molecule is CCN(CC)CCNC(=O)C(Cc1ccccc1)N1C(=O)c2ccccc2C1=O. The van der Waals surface area contributed by atoms with Gasteiger partial charge in [-0.05, 0) is 30.8 Å². The molecule has 1 atom stereocenters. The van der Waals surface area contributed by atoms with Crippen molar-refractivity contribution in [2.45, 2.75) is 26.3 Å². The number of carbonyl (C=O) groups is 3. The predicted octanol–water partition coefficient (Wildman–Crippen LogP) is 2.35. The number of amides is 3. The normalized spacial score (nSPS) is 14.2. The summed E-state index contributed by atoms with van der Waals surface area (Å²) in [4.78, 5) is 42.2. The maximum Gasteiger partial charge on any atom is 0.262 e. The second kappa shape index (κ2) is 9.47. The summed E-state index contributed by atoms with van der Waals surface area (Å²) in [6, 6.07) is 15.3. The molecule has 3 rings (SSSR count). The number of hydrogen-bond donors (Lipinski definition) is 1. The smallest absolute Gasteiger partial charge is 0.262 e. The molecule has 0 bridgehead atoms. The third-order valence-corrected chi connectivity index (χ3v) is 5.33. The Hall–Kier alpha value is -2.99. The number of hydrogen-bond acceptors (Lipinski definition) is 4. The predicted molar refractivity (Wildman–Crippen MR) is 112 cm³/mol. The molecule has 0 aromatic heterocycles. The number of fused-ring (bicyclic) bond motifs is 1. The molecule has 6 heteroatoms. The average molecular weight is 393 g/mol. The van der Waals surface area contributed by atoms with Gasteiger partial charge >= 0.3 is 0 Å². The van der Waals surface area contributed by atoms with E-state index in [9.17, 15) is 14.4 Å². The van der Waals surface area contributed by atoms with Crippen molar-refractivity contribution in [2.75, 3.05) is 26.2 Å². The topological polar surface area (TPSA) is 69.7 Å². The minimum absolute atomic E-state index is 0.281. The van der Waals surface area contributed by atoms with Crippen molar-refractivity contribution in [3.8, 4) is 0 Å². The van der Waals surface area contributed by atoms with Crippen LogP contribution in [0, 0.1) is 0 Å². The molecule has 1 heterocycles. The third kappa shape index (κ3) is 4.54. The average Bonchev–Trinajstić information content (AvgIpc) is 3.00. The molecular weight excluding hydrogens is 366 g/mol. The van der Waals surface area contributed by atoms with Crippen LogP contribution in [0.1, 0.15) is 40.1 Å². The Morgan fingerprint density at radius 3 is 2.03 bits per heavy atom. The first kappa shape index (κ1) is 20.7. The lowest BCUT2D eigenvalue weighted by molar-refractivity contribution is -0.125. The van der Waals surface area contributed by atoms with Gasteiger partial charge in [0.05, 0.1) is 11.1 Å². The van der Waals surface area contributed by atoms with Gasteiger partial charge in [0, 0.05) is 19.5 Å². The van der Waals surface area contributed by atoms with Crippen LogP contribution in [0.4, 0.5) is 0 Å². The summed E-state index contributed by atoms with van der Waals surface area (Å²) < 4.78 is 0. The van der Waals surface area contributed by atoms with Crippen LogP contribution in [0.3, 0.4) is 0 Å². The van der Waals surface area contributed by atoms with E-state index in [1.807, 2.05) is 30.3 Å². The molecule has 2 aromatic rings. The van der Waals surface area contributed by atoms with Crippen molar-refractivity contribution in [3.05, 3.63) is 71.3 Å². The molecule has 0 fully saturated rings. The molecule has 3 amide bonds. The van der Waals surface area contributed by atoms with Gasteiger partial charge in [-0.15, -0.1) is 0 Å². The number of benzene rings is 2. The molecule has 1 aliphatic heterocycles. The Bertz CT molecular complexity index is 843. The molecule has 0 radical (unpaired) electrons. The van der Waals surface area contributed by atoms with Gasteiger partial charge < -0.3 is 10.2 Å². The van der Waals surface area contributed by atoms with E-state index in [0.29, 0.717) is 17.7 Å². The fourth-order valence-electron chi connectivity index (χ4n) is 3.62. The largest absolute Gasteiger partial charge is 0.353 e. The summed E-state index contributed by atoms with van der Waals surface area (Å²) in [6.45, 7) is 7.13. The molecule has 0 saturated carbocycles. The van der Waals surface area contributed by atoms with Crippen molar-refractivity contribution in [3.63, 3.8) is 0 Å². The zero-order valence-corrected chi connectivity index (χ0v) is 16.9. The zero-order chi connectivity index (χ0) is 20.8. The number of carbonyl (C=O) groups excluding carboxylic acids is 3. The van der Waals surface area contributed by atoms with E-state index in [0.717, 1.165) is 30.1 Å². The van der Waals surface area contributed by atoms with Crippen LogP contribution in [-0.2, 0) is 11.2 Å². The summed E-state index contributed by atoms with van der Waals surface area (Å²) in [6.07, 6.45) is 0.281. The lowest BCUT2D eigenvalue weighted by Crippen LogP contribution is -2.51. The van der Waals surface area contributed by atoms with Crippen LogP contribution in [0.25, 0.3) is 0 Å². The summed E-state index contributed by atoms with van der Waals surface area (Å²) in [5.41, 5.74) is 1.60. The van der Waals surface area contributed by atoms with Crippen LogP contribution < -0.4 is 5.32 Å². The third-order valence-electron chi connectivity index (χ3n) is 5.33. The van der Waals surface area contributed by atoms with E-state index < -0.39 is 17.9 Å². The zero-order valence-electron chi connectivity index (χ0n) is 16.9. The Morgan fingerprint density at radius 1 is 0.931 bits per heavy atom. The first-order valence-corrected chi connectivity index (χ1v) is 10.1. The minimum atomic E-state index is -0.887. The van der Waals surface area contributed by atoms with Gasteiger partial charge in [0.25, 0.3) is 11.8 Å². The number of likely N-dealkylation sites (N-methyl/N-ethyl adjacent to an activating group) is 1. The van der Waals surface area contributed by atoms with Crippen LogP contribution in [0.2, 0.25) is 0 Å². The van der Waals surface area contributed by atoms with Crippen molar-refractivity contribution >= 4 is 17.7 Å². The van der Waals surface area contributed by atoms with Gasteiger partial charge in [0.15, 0.2) is 0 Å². The second-order valence-corrected chi connectivity index (χ2v) is 7.05. The molecular formula is C23H27N3O3. The van der Waals surface area contributed by atoms with Gasteiger partial charge in [-0.2, -0.15) is 0 Å². The molecule has 6 nitrogen and oxygen atoms in total. The molecule has 2 aromatic carbocycles. The van der Waals surface area contributed by atoms with Crippen molar-refractivity contribution in [1.82, 2.24) is 15.1 Å². The minimum Gasteiger partial charge on any atom is -0.353 e. The Kier molecular flexibility index (Phi) is 6.77. The van der Waals surface area contributed by atoms with Gasteiger partial charge in [0.1, 0.15) is 6.04 Å². The van der Waals surface area contributed by atoms with E-state index in [4.69, 9.17) is 0 Å². The van der Waals surface area contributed by atoms with Crippen molar-refractivity contribution in [2.24, 2.45) is 0 Å². The number of rotatable bonds is 9. The molecule has 29 heavy (non-hydrogen) atoms. The summed E-state index contributed by atoms with van der Waals surface area (Å²) in [5, 5.41) is 2.92. The first-order valence-electron chi connectivity index (χ1n) is 10.1. The van der Waals surface area contributed by atoms with Gasteiger partial charge in [0.2, 0.25) is 5.91 Å². The van der Waals surface area contributed by atoms with Gasteiger partial charge in [-0.3, -0.25) is 19.3 Å². The number of imide groups is 1. The maximum atomic E-state index is 13.1. The molecule has 1 N–H and O–H groups in total. The Morgan fingerprint density at radius 2 is 1.48 bits per heavy atom. The van der Waals surface area contributed by atoms with Crippen LogP contribution in [0.5, 0.6) is 0 Å². The summed E-state index contributed by atoms with van der Waals surface area (Å²) in [5.74, 6) is -1.13. The monoisotopic (exact) mass is 393 g/mol. The first-order chi connectivity index (χ1) is 14.1. The van der Waals surface area contributed by atoms with Gasteiger partial charge in [-0.1, -0.05) is 56.3 Å². The van der Waals surface area contributed by atoms with Crippen molar-refractivity contribution in [1.29, 1.82) is 0 Å². The van der Waals surface area contributed by atoms with E-state index >= 15 is 0 Å². The molecule has 152 valence electrons. The molecule has 0 spiro atoms.